The van der Waals surface area contributed by atoms with E-state index >= 15 is 0 Å². The third kappa shape index (κ3) is 6.16. The second kappa shape index (κ2) is 10.8. The average molecular weight is 291 g/mol. The van der Waals surface area contributed by atoms with E-state index in [1.54, 1.807) is 0 Å². The first-order chi connectivity index (χ1) is 10.3. The lowest BCUT2D eigenvalue weighted by Crippen LogP contribution is -2.33. The van der Waals surface area contributed by atoms with Gasteiger partial charge in [0.2, 0.25) is 0 Å². The zero-order chi connectivity index (χ0) is 15.5. The Labute approximate surface area is 131 Å². The maximum atomic E-state index is 5.84. The third-order valence-electron chi connectivity index (χ3n) is 4.29. The van der Waals surface area contributed by atoms with Gasteiger partial charge < -0.3 is 10.6 Å². The molecule has 1 unspecified atom stereocenters. The summed E-state index contributed by atoms with van der Waals surface area (Å²) in [6.07, 6.45) is 2.26. The SMILES string of the molecule is CCN(CC)CCCN(CC)C(CCN)c1ccccc1. The van der Waals surface area contributed by atoms with Crippen molar-refractivity contribution in [1.82, 2.24) is 9.80 Å². The van der Waals surface area contributed by atoms with Crippen LogP contribution in [0.15, 0.2) is 30.3 Å². The monoisotopic (exact) mass is 291 g/mol. The highest BCUT2D eigenvalue weighted by Gasteiger charge is 2.18. The van der Waals surface area contributed by atoms with Crippen LogP contribution in [0.25, 0.3) is 0 Å². The standard InChI is InChI=1S/C18H33N3/c1-4-20(5-2)15-10-16-21(6-3)18(13-14-19)17-11-8-7-9-12-17/h7-9,11-12,18H,4-6,10,13-16,19H2,1-3H3. The van der Waals surface area contributed by atoms with Gasteiger partial charge in [0.1, 0.15) is 0 Å². The zero-order valence-corrected chi connectivity index (χ0v) is 14.1. The molecule has 3 heteroatoms. The Morgan fingerprint density at radius 2 is 1.62 bits per heavy atom. The van der Waals surface area contributed by atoms with E-state index in [9.17, 15) is 0 Å². The number of rotatable bonds is 11. The number of hydrogen-bond donors (Lipinski definition) is 1. The first-order valence-electron chi connectivity index (χ1n) is 8.48. The molecule has 1 atom stereocenters. The van der Waals surface area contributed by atoms with E-state index in [1.165, 1.54) is 18.5 Å². The summed E-state index contributed by atoms with van der Waals surface area (Å²) in [6.45, 7) is 13.2. The highest BCUT2D eigenvalue weighted by Crippen LogP contribution is 2.23. The van der Waals surface area contributed by atoms with Gasteiger partial charge in [-0.15, -0.1) is 0 Å². The summed E-state index contributed by atoms with van der Waals surface area (Å²) >= 11 is 0. The van der Waals surface area contributed by atoms with Crippen LogP contribution in [0.4, 0.5) is 0 Å². The van der Waals surface area contributed by atoms with Gasteiger partial charge in [-0.3, -0.25) is 4.90 Å². The highest BCUT2D eigenvalue weighted by molar-refractivity contribution is 5.19. The van der Waals surface area contributed by atoms with Gasteiger partial charge >= 0.3 is 0 Å². The highest BCUT2D eigenvalue weighted by atomic mass is 15.2. The molecule has 0 spiro atoms. The molecule has 0 amide bonds. The van der Waals surface area contributed by atoms with Crippen molar-refractivity contribution in [3.05, 3.63) is 35.9 Å². The van der Waals surface area contributed by atoms with Crippen molar-refractivity contribution in [2.24, 2.45) is 5.73 Å². The maximum absolute atomic E-state index is 5.84. The minimum absolute atomic E-state index is 0.456. The Balaban J connectivity index is 2.61. The largest absolute Gasteiger partial charge is 0.330 e. The van der Waals surface area contributed by atoms with Gasteiger partial charge in [0.25, 0.3) is 0 Å². The summed E-state index contributed by atoms with van der Waals surface area (Å²) in [5.41, 5.74) is 7.24. The second-order valence-electron chi connectivity index (χ2n) is 5.51. The van der Waals surface area contributed by atoms with Crippen LogP contribution in [0.3, 0.4) is 0 Å². The second-order valence-corrected chi connectivity index (χ2v) is 5.51. The van der Waals surface area contributed by atoms with Crippen LogP contribution < -0.4 is 5.73 Å². The van der Waals surface area contributed by atoms with E-state index < -0.39 is 0 Å². The Bertz CT molecular complexity index is 349. The molecule has 120 valence electrons. The summed E-state index contributed by atoms with van der Waals surface area (Å²) in [4.78, 5) is 5.07. The fourth-order valence-electron chi connectivity index (χ4n) is 2.96. The molecule has 0 radical (unpaired) electrons. The average Bonchev–Trinajstić information content (AvgIpc) is 2.54. The van der Waals surface area contributed by atoms with Crippen molar-refractivity contribution in [3.63, 3.8) is 0 Å². The molecule has 0 aliphatic rings. The molecule has 0 aromatic heterocycles. The number of nitrogens with two attached hydrogens (primary N) is 1. The molecule has 0 saturated carbocycles. The van der Waals surface area contributed by atoms with E-state index in [1.807, 2.05) is 0 Å². The van der Waals surface area contributed by atoms with Crippen LogP contribution in [0.1, 0.15) is 45.2 Å². The topological polar surface area (TPSA) is 32.5 Å². The van der Waals surface area contributed by atoms with Crippen molar-refractivity contribution >= 4 is 0 Å². The lowest BCUT2D eigenvalue weighted by atomic mass is 10.0. The van der Waals surface area contributed by atoms with E-state index in [0.717, 1.165) is 39.1 Å². The molecule has 0 aliphatic heterocycles. The Morgan fingerprint density at radius 3 is 2.14 bits per heavy atom. The van der Waals surface area contributed by atoms with Crippen LogP contribution in [0, 0.1) is 0 Å². The molecule has 1 rings (SSSR count). The van der Waals surface area contributed by atoms with Gasteiger partial charge in [-0.25, -0.2) is 0 Å². The molecule has 3 nitrogen and oxygen atoms in total. The van der Waals surface area contributed by atoms with Gasteiger partial charge in [0, 0.05) is 6.04 Å². The van der Waals surface area contributed by atoms with E-state index in [2.05, 4.69) is 60.9 Å². The zero-order valence-electron chi connectivity index (χ0n) is 14.1. The number of benzene rings is 1. The quantitative estimate of drug-likeness (QED) is 0.680. The van der Waals surface area contributed by atoms with Gasteiger partial charge in [0.15, 0.2) is 0 Å². The van der Waals surface area contributed by atoms with Crippen molar-refractivity contribution in [3.8, 4) is 0 Å². The summed E-state index contributed by atoms with van der Waals surface area (Å²) < 4.78 is 0. The van der Waals surface area contributed by atoms with Crippen molar-refractivity contribution in [1.29, 1.82) is 0 Å². The molecular weight excluding hydrogens is 258 g/mol. The number of hydrogen-bond acceptors (Lipinski definition) is 3. The molecule has 21 heavy (non-hydrogen) atoms. The molecule has 0 fully saturated rings. The molecule has 1 aromatic rings. The Morgan fingerprint density at radius 1 is 0.952 bits per heavy atom. The molecule has 2 N–H and O–H groups in total. The van der Waals surface area contributed by atoms with E-state index in [0.29, 0.717) is 6.04 Å². The molecule has 1 aromatic carbocycles. The fourth-order valence-corrected chi connectivity index (χ4v) is 2.96. The van der Waals surface area contributed by atoms with Gasteiger partial charge in [-0.05, 0) is 57.7 Å². The molecule has 0 heterocycles. The van der Waals surface area contributed by atoms with Crippen LogP contribution in [0.2, 0.25) is 0 Å². The van der Waals surface area contributed by atoms with Crippen LogP contribution in [-0.2, 0) is 0 Å². The Hall–Kier alpha value is -0.900. The molecule has 0 saturated heterocycles. The lowest BCUT2D eigenvalue weighted by Gasteiger charge is -2.31. The van der Waals surface area contributed by atoms with Gasteiger partial charge in [0.05, 0.1) is 0 Å². The first-order valence-corrected chi connectivity index (χ1v) is 8.48. The molecular formula is C18H33N3. The van der Waals surface area contributed by atoms with Gasteiger partial charge in [-0.2, -0.15) is 0 Å². The van der Waals surface area contributed by atoms with Crippen molar-refractivity contribution in [2.75, 3.05) is 39.3 Å². The van der Waals surface area contributed by atoms with Crippen LogP contribution in [-0.4, -0.2) is 49.1 Å². The summed E-state index contributed by atoms with van der Waals surface area (Å²) in [7, 11) is 0. The predicted octanol–water partition coefficient (Wildman–Crippen LogP) is 3.13. The Kier molecular flexibility index (Phi) is 9.31. The normalized spacial score (nSPS) is 13.0. The summed E-state index contributed by atoms with van der Waals surface area (Å²) in [5, 5.41) is 0. The van der Waals surface area contributed by atoms with Crippen molar-refractivity contribution < 1.29 is 0 Å². The van der Waals surface area contributed by atoms with E-state index in [-0.39, 0.29) is 0 Å². The van der Waals surface area contributed by atoms with Gasteiger partial charge in [-0.1, -0.05) is 51.1 Å². The minimum atomic E-state index is 0.456. The van der Waals surface area contributed by atoms with Crippen molar-refractivity contribution in [2.45, 2.75) is 39.7 Å². The molecule has 0 aliphatic carbocycles. The molecule has 0 bridgehead atoms. The number of nitrogens with zero attached hydrogens (tertiary/aromatic N) is 2. The minimum Gasteiger partial charge on any atom is -0.330 e. The predicted molar refractivity (Wildman–Crippen MR) is 92.5 cm³/mol. The third-order valence-corrected chi connectivity index (χ3v) is 4.29. The van der Waals surface area contributed by atoms with E-state index in [4.69, 9.17) is 5.73 Å². The van der Waals surface area contributed by atoms with Crippen LogP contribution in [0.5, 0.6) is 0 Å². The fraction of sp³-hybridized carbons (Fsp3) is 0.667. The smallest absolute Gasteiger partial charge is 0.0360 e. The summed E-state index contributed by atoms with van der Waals surface area (Å²) in [5.74, 6) is 0. The lowest BCUT2D eigenvalue weighted by molar-refractivity contribution is 0.183. The maximum Gasteiger partial charge on any atom is 0.0360 e. The summed E-state index contributed by atoms with van der Waals surface area (Å²) in [6, 6.07) is 11.3. The first kappa shape index (κ1) is 18.1. The van der Waals surface area contributed by atoms with Crippen LogP contribution >= 0.6 is 0 Å².